The third-order valence-corrected chi connectivity index (χ3v) is 3.45. The summed E-state index contributed by atoms with van der Waals surface area (Å²) in [6.07, 6.45) is -3.60. The summed E-state index contributed by atoms with van der Waals surface area (Å²) in [7, 11) is 1.27. The van der Waals surface area contributed by atoms with Crippen LogP contribution in [0.15, 0.2) is 47.4 Å². The molecule has 0 spiro atoms. The van der Waals surface area contributed by atoms with Crippen LogP contribution in [0.2, 0.25) is 0 Å². The lowest BCUT2D eigenvalue weighted by atomic mass is 10.1. The molecule has 138 valence electrons. The predicted octanol–water partition coefficient (Wildman–Crippen LogP) is 2.22. The normalized spacial score (nSPS) is 11.1. The number of carbonyl (C=O) groups is 2. The SMILES string of the molecule is COC(=O)Cc1ccc(NC(=O)Cn2cccc(C(F)(F)F)c2=O)cc1. The first-order valence-corrected chi connectivity index (χ1v) is 7.43. The van der Waals surface area contributed by atoms with Gasteiger partial charge >= 0.3 is 12.1 Å². The van der Waals surface area contributed by atoms with Crippen molar-refractivity contribution in [3.05, 3.63) is 64.1 Å². The Balaban J connectivity index is 2.05. The van der Waals surface area contributed by atoms with Crippen molar-refractivity contribution < 1.29 is 27.5 Å². The van der Waals surface area contributed by atoms with Gasteiger partial charge in [0.2, 0.25) is 5.91 Å². The molecule has 0 aliphatic carbocycles. The van der Waals surface area contributed by atoms with E-state index in [4.69, 9.17) is 0 Å². The van der Waals surface area contributed by atoms with Gasteiger partial charge in [0.1, 0.15) is 12.1 Å². The maximum absolute atomic E-state index is 12.7. The van der Waals surface area contributed by atoms with Crippen LogP contribution in [0.4, 0.5) is 18.9 Å². The van der Waals surface area contributed by atoms with Gasteiger partial charge in [0, 0.05) is 11.9 Å². The highest BCUT2D eigenvalue weighted by Crippen LogP contribution is 2.25. The number of benzene rings is 1. The quantitative estimate of drug-likeness (QED) is 0.821. The topological polar surface area (TPSA) is 77.4 Å². The molecule has 0 radical (unpaired) electrons. The number of amides is 1. The first-order chi connectivity index (χ1) is 12.2. The Morgan fingerprint density at radius 3 is 2.38 bits per heavy atom. The average Bonchev–Trinajstić information content (AvgIpc) is 2.57. The van der Waals surface area contributed by atoms with E-state index in [0.717, 1.165) is 12.3 Å². The van der Waals surface area contributed by atoms with E-state index in [1.165, 1.54) is 19.2 Å². The van der Waals surface area contributed by atoms with Gasteiger partial charge in [-0.25, -0.2) is 0 Å². The van der Waals surface area contributed by atoms with Gasteiger partial charge in [0.25, 0.3) is 5.56 Å². The zero-order valence-corrected chi connectivity index (χ0v) is 13.7. The van der Waals surface area contributed by atoms with Crippen LogP contribution in [0.3, 0.4) is 0 Å². The van der Waals surface area contributed by atoms with Crippen molar-refractivity contribution in [2.75, 3.05) is 12.4 Å². The summed E-state index contributed by atoms with van der Waals surface area (Å²) >= 11 is 0. The molecule has 2 rings (SSSR count). The molecule has 0 fully saturated rings. The number of anilines is 1. The van der Waals surface area contributed by atoms with Gasteiger partial charge in [-0.05, 0) is 29.8 Å². The number of ether oxygens (including phenoxy) is 1. The third-order valence-electron chi connectivity index (χ3n) is 3.45. The van der Waals surface area contributed by atoms with Gasteiger partial charge in [-0.15, -0.1) is 0 Å². The molecule has 1 amide bonds. The smallest absolute Gasteiger partial charge is 0.421 e. The fourth-order valence-corrected chi connectivity index (χ4v) is 2.18. The third kappa shape index (κ3) is 4.95. The molecule has 1 aromatic carbocycles. The average molecular weight is 368 g/mol. The van der Waals surface area contributed by atoms with Crippen LogP contribution in [-0.2, 0) is 33.5 Å². The second-order valence-electron chi connectivity index (χ2n) is 5.35. The van der Waals surface area contributed by atoms with E-state index in [0.29, 0.717) is 21.9 Å². The first-order valence-electron chi connectivity index (χ1n) is 7.43. The molecular weight excluding hydrogens is 353 g/mol. The molecule has 6 nitrogen and oxygen atoms in total. The van der Waals surface area contributed by atoms with Gasteiger partial charge in [0.15, 0.2) is 0 Å². The largest absolute Gasteiger partial charge is 0.469 e. The standard InChI is InChI=1S/C17H15F3N2O4/c1-26-15(24)9-11-4-6-12(7-5-11)21-14(23)10-22-8-2-3-13(16(22)25)17(18,19)20/h2-8H,9-10H2,1H3,(H,21,23). The Morgan fingerprint density at radius 2 is 1.81 bits per heavy atom. The monoisotopic (exact) mass is 368 g/mol. The van der Waals surface area contributed by atoms with Crippen LogP contribution >= 0.6 is 0 Å². The van der Waals surface area contributed by atoms with Crippen LogP contribution in [0.1, 0.15) is 11.1 Å². The van der Waals surface area contributed by atoms with Crippen LogP contribution in [0.5, 0.6) is 0 Å². The van der Waals surface area contributed by atoms with Crippen LogP contribution in [0, 0.1) is 0 Å². The number of halogens is 3. The molecule has 0 atom stereocenters. The summed E-state index contributed by atoms with van der Waals surface area (Å²) in [5.74, 6) is -1.07. The van der Waals surface area contributed by atoms with Gasteiger partial charge in [-0.3, -0.25) is 14.4 Å². The van der Waals surface area contributed by atoms with Crippen molar-refractivity contribution >= 4 is 17.6 Å². The lowest BCUT2D eigenvalue weighted by Crippen LogP contribution is -2.31. The molecular formula is C17H15F3N2O4. The number of nitrogens with one attached hydrogen (secondary N) is 1. The Kier molecular flexibility index (Phi) is 5.81. The van der Waals surface area contributed by atoms with Crippen molar-refractivity contribution in [1.82, 2.24) is 4.57 Å². The number of pyridine rings is 1. The van der Waals surface area contributed by atoms with E-state index in [-0.39, 0.29) is 6.42 Å². The molecule has 9 heteroatoms. The Bertz CT molecular complexity index is 858. The fraction of sp³-hybridized carbons (Fsp3) is 0.235. The molecule has 0 bridgehead atoms. The Hall–Kier alpha value is -3.10. The van der Waals surface area contributed by atoms with Crippen molar-refractivity contribution in [3.8, 4) is 0 Å². The van der Waals surface area contributed by atoms with Gasteiger partial charge < -0.3 is 14.6 Å². The van der Waals surface area contributed by atoms with E-state index >= 15 is 0 Å². The minimum atomic E-state index is -4.79. The first kappa shape index (κ1) is 19.2. The Morgan fingerprint density at radius 1 is 1.15 bits per heavy atom. The molecule has 0 saturated heterocycles. The van der Waals surface area contributed by atoms with E-state index in [9.17, 15) is 27.6 Å². The number of methoxy groups -OCH3 is 1. The molecule has 2 aromatic rings. The minimum absolute atomic E-state index is 0.0738. The summed E-state index contributed by atoms with van der Waals surface area (Å²) in [4.78, 5) is 34.9. The molecule has 0 saturated carbocycles. The number of carbonyl (C=O) groups excluding carboxylic acids is 2. The van der Waals surface area contributed by atoms with Gasteiger partial charge in [-0.2, -0.15) is 13.2 Å². The molecule has 1 heterocycles. The van der Waals surface area contributed by atoms with E-state index in [1.54, 1.807) is 12.1 Å². The predicted molar refractivity (Wildman–Crippen MR) is 86.5 cm³/mol. The number of esters is 1. The molecule has 26 heavy (non-hydrogen) atoms. The second-order valence-corrected chi connectivity index (χ2v) is 5.35. The number of rotatable bonds is 5. The number of hydrogen-bond donors (Lipinski definition) is 1. The summed E-state index contributed by atoms with van der Waals surface area (Å²) in [5.41, 5.74) is -1.57. The van der Waals surface area contributed by atoms with E-state index < -0.39 is 35.7 Å². The number of alkyl halides is 3. The summed E-state index contributed by atoms with van der Waals surface area (Å²) in [6, 6.07) is 7.98. The van der Waals surface area contributed by atoms with Crippen molar-refractivity contribution in [1.29, 1.82) is 0 Å². The highest BCUT2D eigenvalue weighted by atomic mass is 19.4. The fourth-order valence-electron chi connectivity index (χ4n) is 2.18. The van der Waals surface area contributed by atoms with Crippen molar-refractivity contribution in [3.63, 3.8) is 0 Å². The maximum atomic E-state index is 12.7. The van der Waals surface area contributed by atoms with Gasteiger partial charge in [0.05, 0.1) is 13.5 Å². The number of nitrogens with zero attached hydrogens (tertiary/aromatic N) is 1. The van der Waals surface area contributed by atoms with Crippen LogP contribution < -0.4 is 10.9 Å². The zero-order valence-electron chi connectivity index (χ0n) is 13.7. The summed E-state index contributed by atoms with van der Waals surface area (Å²) < 4.78 is 43.4. The second kappa shape index (κ2) is 7.85. The van der Waals surface area contributed by atoms with E-state index in [2.05, 4.69) is 10.1 Å². The van der Waals surface area contributed by atoms with E-state index in [1.807, 2.05) is 0 Å². The number of aromatic nitrogens is 1. The highest BCUT2D eigenvalue weighted by Gasteiger charge is 2.34. The lowest BCUT2D eigenvalue weighted by molar-refractivity contribution is -0.140. The van der Waals surface area contributed by atoms with Gasteiger partial charge in [-0.1, -0.05) is 12.1 Å². The van der Waals surface area contributed by atoms with Crippen LogP contribution in [-0.4, -0.2) is 23.6 Å². The van der Waals surface area contributed by atoms with Crippen LogP contribution in [0.25, 0.3) is 0 Å². The lowest BCUT2D eigenvalue weighted by Gasteiger charge is -2.11. The van der Waals surface area contributed by atoms with Crippen molar-refractivity contribution in [2.45, 2.75) is 19.1 Å². The number of hydrogen-bond acceptors (Lipinski definition) is 4. The molecule has 0 aliphatic rings. The molecule has 0 aliphatic heterocycles. The summed E-state index contributed by atoms with van der Waals surface area (Å²) in [6.45, 7) is -0.563. The zero-order chi connectivity index (χ0) is 19.3. The Labute approximate surface area is 146 Å². The maximum Gasteiger partial charge on any atom is 0.421 e. The molecule has 1 aromatic heterocycles. The molecule has 0 unspecified atom stereocenters. The summed E-state index contributed by atoms with van der Waals surface area (Å²) in [5, 5.41) is 2.47. The van der Waals surface area contributed by atoms with Crippen molar-refractivity contribution in [2.24, 2.45) is 0 Å². The minimum Gasteiger partial charge on any atom is -0.469 e. The molecule has 1 N–H and O–H groups in total. The highest BCUT2D eigenvalue weighted by molar-refractivity contribution is 5.90.